The Balaban J connectivity index is 2.23. The molecule has 132 valence electrons. The quantitative estimate of drug-likeness (QED) is 0.754. The molecule has 0 aliphatic carbocycles. The third-order valence-corrected chi connectivity index (χ3v) is 5.57. The number of hydrogen-bond acceptors (Lipinski definition) is 2. The van der Waals surface area contributed by atoms with Gasteiger partial charge in [0.2, 0.25) is 5.69 Å². The lowest BCUT2D eigenvalue weighted by molar-refractivity contribution is -0.660. The molecule has 0 unspecified atom stereocenters. The minimum Gasteiger partial charge on any atom is -0.357 e. The lowest BCUT2D eigenvalue weighted by Gasteiger charge is -2.31. The van der Waals surface area contributed by atoms with Crippen molar-refractivity contribution in [1.82, 2.24) is 4.90 Å². The largest absolute Gasteiger partial charge is 0.357 e. The minimum atomic E-state index is 0.333. The zero-order valence-electron chi connectivity index (χ0n) is 16.8. The van der Waals surface area contributed by atoms with Crippen molar-refractivity contribution in [3.63, 3.8) is 0 Å². The molecule has 1 aliphatic rings. The molecule has 1 aliphatic heterocycles. The van der Waals surface area contributed by atoms with E-state index in [4.69, 9.17) is 0 Å². The first-order chi connectivity index (χ1) is 11.7. The maximum atomic E-state index is 2.41. The van der Waals surface area contributed by atoms with Crippen LogP contribution in [-0.4, -0.2) is 18.1 Å². The highest BCUT2D eigenvalue weighted by atomic mass is 15.4. The van der Waals surface area contributed by atoms with Gasteiger partial charge in [-0.15, -0.1) is 0 Å². The molecule has 0 bridgehead atoms. The molecule has 0 amide bonds. The Kier molecular flexibility index (Phi) is 4.36. The molecule has 0 saturated heterocycles. The summed E-state index contributed by atoms with van der Waals surface area (Å²) in [6.45, 7) is 13.3. The van der Waals surface area contributed by atoms with Gasteiger partial charge in [0.05, 0.1) is 5.56 Å². The van der Waals surface area contributed by atoms with Gasteiger partial charge in [0.1, 0.15) is 13.2 Å². The van der Waals surface area contributed by atoms with Crippen LogP contribution in [0.25, 0.3) is 11.3 Å². The zero-order valence-corrected chi connectivity index (χ0v) is 16.8. The van der Waals surface area contributed by atoms with Crippen LogP contribution in [0.4, 0.5) is 5.69 Å². The van der Waals surface area contributed by atoms with Gasteiger partial charge in [-0.2, -0.15) is 0 Å². The first-order valence-electron chi connectivity index (χ1n) is 8.99. The molecule has 0 fully saturated rings. The third kappa shape index (κ3) is 2.82. The molecular weight excluding hydrogens is 306 g/mol. The predicted octanol–water partition coefficient (Wildman–Crippen LogP) is 4.37. The van der Waals surface area contributed by atoms with Crippen molar-refractivity contribution in [2.24, 2.45) is 7.05 Å². The minimum absolute atomic E-state index is 0.333. The molecule has 0 radical (unpaired) electrons. The summed E-state index contributed by atoms with van der Waals surface area (Å²) in [7, 11) is 4.30. The van der Waals surface area contributed by atoms with Crippen LogP contribution in [0.3, 0.4) is 0 Å². The standard InChI is InChI=1S/C22H30N3/c1-14-9-10-20(23(7)12-14)21-15(2)11-16(3)22(18(21)5)25-13-17(4)24(8)19(25)6/h9-13,19H,1-8H3/q+1/t19-/m0/s1. The van der Waals surface area contributed by atoms with Crippen molar-refractivity contribution in [2.45, 2.75) is 47.7 Å². The summed E-state index contributed by atoms with van der Waals surface area (Å²) in [5.74, 6) is 0. The molecule has 0 N–H and O–H groups in total. The van der Waals surface area contributed by atoms with E-state index in [0.29, 0.717) is 6.17 Å². The van der Waals surface area contributed by atoms with Crippen LogP contribution < -0.4 is 9.47 Å². The van der Waals surface area contributed by atoms with E-state index in [1.807, 2.05) is 0 Å². The number of benzene rings is 1. The number of allylic oxidation sites excluding steroid dienone is 1. The van der Waals surface area contributed by atoms with Crippen molar-refractivity contribution in [3.05, 3.63) is 58.5 Å². The van der Waals surface area contributed by atoms with E-state index in [1.165, 1.54) is 44.9 Å². The van der Waals surface area contributed by atoms with Gasteiger partial charge in [-0.25, -0.2) is 4.57 Å². The third-order valence-electron chi connectivity index (χ3n) is 5.57. The highest BCUT2D eigenvalue weighted by Crippen LogP contribution is 2.38. The molecule has 0 saturated carbocycles. The van der Waals surface area contributed by atoms with E-state index >= 15 is 0 Å². The highest BCUT2D eigenvalue weighted by Gasteiger charge is 2.29. The van der Waals surface area contributed by atoms with Gasteiger partial charge in [-0.3, -0.25) is 0 Å². The van der Waals surface area contributed by atoms with Gasteiger partial charge in [-0.05, 0) is 64.3 Å². The van der Waals surface area contributed by atoms with Crippen LogP contribution in [0, 0.1) is 27.7 Å². The van der Waals surface area contributed by atoms with Crippen LogP contribution >= 0.6 is 0 Å². The van der Waals surface area contributed by atoms with E-state index in [0.717, 1.165) is 0 Å². The predicted molar refractivity (Wildman–Crippen MR) is 105 cm³/mol. The lowest BCUT2D eigenvalue weighted by Crippen LogP contribution is -2.35. The Morgan fingerprint density at radius 1 is 1.00 bits per heavy atom. The summed E-state index contributed by atoms with van der Waals surface area (Å²) in [6.07, 6.45) is 4.80. The summed E-state index contributed by atoms with van der Waals surface area (Å²) in [4.78, 5) is 4.74. The summed E-state index contributed by atoms with van der Waals surface area (Å²) in [6, 6.07) is 6.76. The van der Waals surface area contributed by atoms with Crippen molar-refractivity contribution in [1.29, 1.82) is 0 Å². The lowest BCUT2D eigenvalue weighted by atomic mass is 9.93. The molecule has 2 heterocycles. The molecule has 1 aromatic heterocycles. The summed E-state index contributed by atoms with van der Waals surface area (Å²) < 4.78 is 2.24. The van der Waals surface area contributed by atoms with Crippen molar-refractivity contribution in [3.8, 4) is 11.3 Å². The fourth-order valence-electron chi connectivity index (χ4n) is 4.11. The van der Waals surface area contributed by atoms with Crippen molar-refractivity contribution < 1.29 is 4.57 Å². The Morgan fingerprint density at radius 3 is 2.24 bits per heavy atom. The number of nitrogens with zero attached hydrogens (tertiary/aromatic N) is 3. The Bertz CT molecular complexity index is 864. The second-order valence-corrected chi connectivity index (χ2v) is 7.48. The summed E-state index contributed by atoms with van der Waals surface area (Å²) in [5, 5.41) is 0. The number of rotatable bonds is 2. The van der Waals surface area contributed by atoms with Crippen molar-refractivity contribution >= 4 is 5.69 Å². The number of anilines is 1. The van der Waals surface area contributed by atoms with Gasteiger partial charge in [0.25, 0.3) is 0 Å². The molecule has 3 nitrogen and oxygen atoms in total. The van der Waals surface area contributed by atoms with Gasteiger partial charge in [-0.1, -0.05) is 6.07 Å². The molecular formula is C22H30N3+. The maximum absolute atomic E-state index is 2.41. The van der Waals surface area contributed by atoms with Crippen LogP contribution in [-0.2, 0) is 7.05 Å². The summed E-state index contributed by atoms with van der Waals surface area (Å²) >= 11 is 0. The zero-order chi connectivity index (χ0) is 18.5. The molecule has 3 rings (SSSR count). The van der Waals surface area contributed by atoms with Gasteiger partial charge < -0.3 is 9.80 Å². The average Bonchev–Trinajstić information content (AvgIpc) is 2.77. The average molecular weight is 337 g/mol. The second-order valence-electron chi connectivity index (χ2n) is 7.48. The van der Waals surface area contributed by atoms with Crippen LogP contribution in [0.5, 0.6) is 0 Å². The number of aryl methyl sites for hydroxylation is 4. The van der Waals surface area contributed by atoms with Gasteiger partial charge in [0.15, 0.2) is 6.20 Å². The molecule has 25 heavy (non-hydrogen) atoms. The fourth-order valence-corrected chi connectivity index (χ4v) is 4.11. The Hall–Kier alpha value is -2.29. The van der Waals surface area contributed by atoms with E-state index in [9.17, 15) is 0 Å². The van der Waals surface area contributed by atoms with E-state index in [-0.39, 0.29) is 0 Å². The van der Waals surface area contributed by atoms with Crippen LogP contribution in [0.1, 0.15) is 36.1 Å². The first kappa shape index (κ1) is 17.5. The van der Waals surface area contributed by atoms with Crippen LogP contribution in [0.15, 0.2) is 36.3 Å². The Labute approximate surface area is 152 Å². The smallest absolute Gasteiger partial charge is 0.212 e. The molecule has 2 aromatic rings. The SMILES string of the molecule is CC1=CN(c2c(C)cc(C)c(-c3ccc(C)c[n+]3C)c2C)[C@@H](C)N1C. The van der Waals surface area contributed by atoms with E-state index in [1.54, 1.807) is 0 Å². The normalized spacial score (nSPS) is 17.3. The summed E-state index contributed by atoms with van der Waals surface area (Å²) in [5.41, 5.74) is 10.5. The molecule has 1 atom stereocenters. The fraction of sp³-hybridized carbons (Fsp3) is 0.409. The van der Waals surface area contributed by atoms with E-state index in [2.05, 4.69) is 101 Å². The van der Waals surface area contributed by atoms with Crippen LogP contribution in [0.2, 0.25) is 0 Å². The first-order valence-corrected chi connectivity index (χ1v) is 8.99. The van der Waals surface area contributed by atoms with Gasteiger partial charge >= 0.3 is 0 Å². The highest BCUT2D eigenvalue weighted by molar-refractivity contribution is 5.77. The molecule has 0 spiro atoms. The van der Waals surface area contributed by atoms with E-state index < -0.39 is 0 Å². The molecule has 3 heteroatoms. The Morgan fingerprint density at radius 2 is 1.68 bits per heavy atom. The second kappa shape index (κ2) is 6.21. The number of hydrogen-bond donors (Lipinski definition) is 0. The van der Waals surface area contributed by atoms with Gasteiger partial charge in [0, 0.05) is 36.3 Å². The monoisotopic (exact) mass is 336 g/mol. The topological polar surface area (TPSA) is 10.4 Å². The maximum Gasteiger partial charge on any atom is 0.212 e. The molecule has 1 aromatic carbocycles. The number of aromatic nitrogens is 1. The number of pyridine rings is 1. The van der Waals surface area contributed by atoms with Crippen molar-refractivity contribution in [2.75, 3.05) is 11.9 Å².